The number of ether oxygens (including phenoxy) is 1. The SMILES string of the molecule is COc1ccc2[nH]c(C3NCC4CCCC43)nc2n1. The van der Waals surface area contributed by atoms with Crippen LogP contribution in [0.4, 0.5) is 0 Å². The summed E-state index contributed by atoms with van der Waals surface area (Å²) in [5.41, 5.74) is 1.73. The number of fused-ring (bicyclic) bond motifs is 2. The molecule has 2 aromatic heterocycles. The number of hydrogen-bond acceptors (Lipinski definition) is 4. The maximum absolute atomic E-state index is 5.15. The Balaban J connectivity index is 1.71. The van der Waals surface area contributed by atoms with Crippen molar-refractivity contribution in [1.82, 2.24) is 20.3 Å². The molecule has 1 aliphatic carbocycles. The van der Waals surface area contributed by atoms with Crippen LogP contribution in [-0.4, -0.2) is 28.6 Å². The molecule has 100 valence electrons. The minimum atomic E-state index is 0.368. The van der Waals surface area contributed by atoms with E-state index in [9.17, 15) is 0 Å². The molecule has 5 nitrogen and oxygen atoms in total. The van der Waals surface area contributed by atoms with Gasteiger partial charge >= 0.3 is 0 Å². The highest BCUT2D eigenvalue weighted by Crippen LogP contribution is 2.43. The van der Waals surface area contributed by atoms with Gasteiger partial charge in [0.2, 0.25) is 5.88 Å². The second-order valence-electron chi connectivity index (χ2n) is 5.59. The fraction of sp³-hybridized carbons (Fsp3) is 0.571. The Morgan fingerprint density at radius 3 is 3.11 bits per heavy atom. The molecule has 3 atom stereocenters. The predicted molar refractivity (Wildman–Crippen MR) is 72.0 cm³/mol. The zero-order valence-corrected chi connectivity index (χ0v) is 11.0. The van der Waals surface area contributed by atoms with Crippen LogP contribution in [0.1, 0.15) is 31.1 Å². The number of nitrogens with zero attached hydrogens (tertiary/aromatic N) is 2. The van der Waals surface area contributed by atoms with E-state index in [-0.39, 0.29) is 0 Å². The number of methoxy groups -OCH3 is 1. The maximum Gasteiger partial charge on any atom is 0.215 e. The van der Waals surface area contributed by atoms with Crippen LogP contribution in [0.2, 0.25) is 0 Å². The second-order valence-corrected chi connectivity index (χ2v) is 5.59. The van der Waals surface area contributed by atoms with E-state index in [2.05, 4.69) is 20.3 Å². The number of H-pyrrole nitrogens is 1. The van der Waals surface area contributed by atoms with Crippen molar-refractivity contribution in [3.05, 3.63) is 18.0 Å². The fourth-order valence-electron chi connectivity index (χ4n) is 3.64. The van der Waals surface area contributed by atoms with Crippen molar-refractivity contribution < 1.29 is 4.74 Å². The molecule has 0 amide bonds. The number of hydrogen-bond donors (Lipinski definition) is 2. The highest BCUT2D eigenvalue weighted by Gasteiger charge is 2.40. The molecule has 2 aliphatic rings. The molecular weight excluding hydrogens is 240 g/mol. The van der Waals surface area contributed by atoms with Crippen molar-refractivity contribution in [2.45, 2.75) is 25.3 Å². The molecule has 2 aromatic rings. The molecule has 1 saturated carbocycles. The number of aromatic nitrogens is 3. The van der Waals surface area contributed by atoms with E-state index in [1.54, 1.807) is 7.11 Å². The highest BCUT2D eigenvalue weighted by molar-refractivity contribution is 5.71. The van der Waals surface area contributed by atoms with E-state index in [0.717, 1.165) is 35.4 Å². The molecule has 0 spiro atoms. The summed E-state index contributed by atoms with van der Waals surface area (Å²) in [6.07, 6.45) is 4.04. The first-order valence-electron chi connectivity index (χ1n) is 6.99. The van der Waals surface area contributed by atoms with Crippen LogP contribution in [-0.2, 0) is 0 Å². The van der Waals surface area contributed by atoms with E-state index in [4.69, 9.17) is 4.74 Å². The molecule has 0 bridgehead atoms. The van der Waals surface area contributed by atoms with Crippen LogP contribution < -0.4 is 10.1 Å². The lowest BCUT2D eigenvalue weighted by Gasteiger charge is -2.15. The molecule has 5 heteroatoms. The summed E-state index contributed by atoms with van der Waals surface area (Å²) in [6, 6.07) is 4.22. The van der Waals surface area contributed by atoms with Crippen molar-refractivity contribution in [3.8, 4) is 5.88 Å². The van der Waals surface area contributed by atoms with Crippen molar-refractivity contribution in [2.75, 3.05) is 13.7 Å². The molecular formula is C14H18N4O. The Bertz CT molecular complexity index is 609. The fourth-order valence-corrected chi connectivity index (χ4v) is 3.64. The predicted octanol–water partition coefficient (Wildman–Crippen LogP) is 2.03. The Morgan fingerprint density at radius 2 is 2.21 bits per heavy atom. The normalized spacial score (nSPS) is 29.8. The van der Waals surface area contributed by atoms with Crippen molar-refractivity contribution in [2.24, 2.45) is 11.8 Å². The van der Waals surface area contributed by atoms with Gasteiger partial charge in [0.1, 0.15) is 5.82 Å². The first-order chi connectivity index (χ1) is 9.35. The Morgan fingerprint density at radius 1 is 1.26 bits per heavy atom. The zero-order valence-electron chi connectivity index (χ0n) is 11.0. The molecule has 3 unspecified atom stereocenters. The van der Waals surface area contributed by atoms with E-state index in [0.29, 0.717) is 11.9 Å². The second kappa shape index (κ2) is 4.20. The number of aromatic amines is 1. The standard InChI is InChI=1S/C14H18N4O/c1-19-11-6-5-10-13(17-11)18-14(16-10)12-9-4-2-3-8(9)7-15-12/h5-6,8-9,12,15H,2-4,7H2,1H3,(H,16,17,18). The van der Waals surface area contributed by atoms with Crippen LogP contribution >= 0.6 is 0 Å². The van der Waals surface area contributed by atoms with Crippen LogP contribution in [0.15, 0.2) is 12.1 Å². The van der Waals surface area contributed by atoms with Gasteiger partial charge in [-0.15, -0.1) is 0 Å². The largest absolute Gasteiger partial charge is 0.481 e. The van der Waals surface area contributed by atoms with Gasteiger partial charge in [-0.25, -0.2) is 4.98 Å². The van der Waals surface area contributed by atoms with E-state index >= 15 is 0 Å². The van der Waals surface area contributed by atoms with Crippen molar-refractivity contribution >= 4 is 11.2 Å². The van der Waals surface area contributed by atoms with Gasteiger partial charge in [0.05, 0.1) is 18.7 Å². The minimum absolute atomic E-state index is 0.368. The van der Waals surface area contributed by atoms with Crippen molar-refractivity contribution in [3.63, 3.8) is 0 Å². The van der Waals surface area contributed by atoms with Gasteiger partial charge < -0.3 is 15.0 Å². The van der Waals surface area contributed by atoms with Crippen LogP contribution in [0.25, 0.3) is 11.2 Å². The first kappa shape index (κ1) is 11.2. The lowest BCUT2D eigenvalue weighted by atomic mass is 9.94. The average Bonchev–Trinajstić information content (AvgIpc) is 3.11. The first-order valence-corrected chi connectivity index (χ1v) is 6.99. The summed E-state index contributed by atoms with van der Waals surface area (Å²) < 4.78 is 5.15. The van der Waals surface area contributed by atoms with Gasteiger partial charge in [-0.1, -0.05) is 6.42 Å². The Hall–Kier alpha value is -1.62. The molecule has 3 heterocycles. The number of imidazole rings is 1. The van der Waals surface area contributed by atoms with E-state index < -0.39 is 0 Å². The Kier molecular flexibility index (Phi) is 2.48. The van der Waals surface area contributed by atoms with Crippen LogP contribution in [0.3, 0.4) is 0 Å². The molecule has 2 N–H and O–H groups in total. The van der Waals surface area contributed by atoms with E-state index in [1.807, 2.05) is 12.1 Å². The third-order valence-electron chi connectivity index (χ3n) is 4.59. The van der Waals surface area contributed by atoms with Gasteiger partial charge in [-0.3, -0.25) is 0 Å². The maximum atomic E-state index is 5.15. The summed E-state index contributed by atoms with van der Waals surface area (Å²) in [7, 11) is 1.63. The summed E-state index contributed by atoms with van der Waals surface area (Å²) in [6.45, 7) is 1.13. The number of nitrogens with one attached hydrogen (secondary N) is 2. The minimum Gasteiger partial charge on any atom is -0.481 e. The monoisotopic (exact) mass is 258 g/mol. The summed E-state index contributed by atoms with van der Waals surface area (Å²) in [5.74, 6) is 3.22. The summed E-state index contributed by atoms with van der Waals surface area (Å²) in [4.78, 5) is 12.4. The lowest BCUT2D eigenvalue weighted by Crippen LogP contribution is -2.19. The topological polar surface area (TPSA) is 62.8 Å². The van der Waals surface area contributed by atoms with Crippen molar-refractivity contribution in [1.29, 1.82) is 0 Å². The van der Waals surface area contributed by atoms with Crippen LogP contribution in [0, 0.1) is 11.8 Å². The lowest BCUT2D eigenvalue weighted by molar-refractivity contribution is 0.399. The molecule has 4 rings (SSSR count). The van der Waals surface area contributed by atoms with Gasteiger partial charge in [0.15, 0.2) is 5.65 Å². The number of rotatable bonds is 2. The molecule has 1 saturated heterocycles. The summed E-state index contributed by atoms with van der Waals surface area (Å²) >= 11 is 0. The highest BCUT2D eigenvalue weighted by atomic mass is 16.5. The zero-order chi connectivity index (χ0) is 12.8. The van der Waals surface area contributed by atoms with Crippen LogP contribution in [0.5, 0.6) is 5.88 Å². The quantitative estimate of drug-likeness (QED) is 0.865. The Labute approximate surface area is 111 Å². The molecule has 19 heavy (non-hydrogen) atoms. The van der Waals surface area contributed by atoms with Gasteiger partial charge in [0.25, 0.3) is 0 Å². The molecule has 2 fully saturated rings. The van der Waals surface area contributed by atoms with Gasteiger partial charge in [-0.05, 0) is 37.3 Å². The smallest absolute Gasteiger partial charge is 0.215 e. The summed E-state index contributed by atoms with van der Waals surface area (Å²) in [5, 5.41) is 3.61. The van der Waals surface area contributed by atoms with Gasteiger partial charge in [0, 0.05) is 6.07 Å². The third-order valence-corrected chi connectivity index (χ3v) is 4.59. The number of pyridine rings is 1. The average molecular weight is 258 g/mol. The molecule has 1 aliphatic heterocycles. The molecule has 0 radical (unpaired) electrons. The molecule has 0 aromatic carbocycles. The third kappa shape index (κ3) is 1.72. The van der Waals surface area contributed by atoms with E-state index in [1.165, 1.54) is 19.3 Å². The van der Waals surface area contributed by atoms with Gasteiger partial charge in [-0.2, -0.15) is 4.98 Å².